The molecule has 122 valence electrons. The van der Waals surface area contributed by atoms with Crippen molar-refractivity contribution in [2.45, 2.75) is 18.8 Å². The van der Waals surface area contributed by atoms with Gasteiger partial charge < -0.3 is 11.1 Å². The van der Waals surface area contributed by atoms with E-state index < -0.39 is 5.91 Å². The van der Waals surface area contributed by atoms with Crippen LogP contribution in [0.4, 0.5) is 0 Å². The molecule has 1 aromatic heterocycles. The van der Waals surface area contributed by atoms with Crippen LogP contribution in [0.1, 0.15) is 36.1 Å². The van der Waals surface area contributed by atoms with Gasteiger partial charge in [0.05, 0.1) is 11.3 Å². The van der Waals surface area contributed by atoms with Crippen molar-refractivity contribution in [1.29, 1.82) is 0 Å². The fourth-order valence-electron chi connectivity index (χ4n) is 3.27. The van der Waals surface area contributed by atoms with E-state index in [9.17, 15) is 4.79 Å². The standard InChI is InChI=1S/C19H20N4O/c20-19(24)17-5-1-3-15-12-23(22-18(15)17)16-8-6-13(7-9-16)14-4-2-10-21-11-14/h1,3,5-9,12,14,21H,2,4,10-11H2,(H2,20,24)/i10D. The molecule has 2 heterocycles. The third-order valence-corrected chi connectivity index (χ3v) is 4.60. The molecule has 3 N–H and O–H groups in total. The molecule has 0 radical (unpaired) electrons. The number of nitrogens with zero attached hydrogens (tertiary/aromatic N) is 2. The Bertz CT molecular complexity index is 911. The van der Waals surface area contributed by atoms with Gasteiger partial charge in [-0.25, -0.2) is 4.68 Å². The van der Waals surface area contributed by atoms with Crippen LogP contribution in [0.25, 0.3) is 16.6 Å². The van der Waals surface area contributed by atoms with E-state index in [1.165, 1.54) is 5.56 Å². The first-order valence-electron chi connectivity index (χ1n) is 8.74. The lowest BCUT2D eigenvalue weighted by atomic mass is 9.92. The summed E-state index contributed by atoms with van der Waals surface area (Å²) in [5.41, 5.74) is 8.71. The van der Waals surface area contributed by atoms with Crippen molar-refractivity contribution in [1.82, 2.24) is 15.1 Å². The van der Waals surface area contributed by atoms with Crippen molar-refractivity contribution in [2.75, 3.05) is 13.1 Å². The molecule has 0 saturated carbocycles. The first-order chi connectivity index (χ1) is 12.1. The number of benzene rings is 2. The molecule has 0 bridgehead atoms. The minimum absolute atomic E-state index is 0.133. The summed E-state index contributed by atoms with van der Waals surface area (Å²) in [6.45, 7) is 0.715. The Balaban J connectivity index is 1.63. The third kappa shape index (κ3) is 2.67. The van der Waals surface area contributed by atoms with Gasteiger partial charge >= 0.3 is 0 Å². The monoisotopic (exact) mass is 321 g/mol. The minimum Gasteiger partial charge on any atom is -0.366 e. The van der Waals surface area contributed by atoms with E-state index in [-0.39, 0.29) is 6.52 Å². The van der Waals surface area contributed by atoms with E-state index in [0.717, 1.165) is 30.5 Å². The first-order valence-corrected chi connectivity index (χ1v) is 8.16. The van der Waals surface area contributed by atoms with Crippen LogP contribution in [-0.2, 0) is 0 Å². The van der Waals surface area contributed by atoms with Gasteiger partial charge in [0.15, 0.2) is 0 Å². The molecule has 2 atom stereocenters. The second kappa shape index (κ2) is 6.09. The van der Waals surface area contributed by atoms with Crippen LogP contribution in [0.3, 0.4) is 0 Å². The Morgan fingerprint density at radius 2 is 2.12 bits per heavy atom. The number of fused-ring (bicyclic) bond motifs is 1. The molecule has 1 saturated heterocycles. The fraction of sp³-hybridized carbons (Fsp3) is 0.263. The molecule has 0 aliphatic carbocycles. The summed E-state index contributed by atoms with van der Waals surface area (Å²) < 4.78 is 9.49. The molecular formula is C19H20N4O. The molecule has 1 aliphatic rings. The Hall–Kier alpha value is -2.66. The molecule has 4 rings (SSSR count). The van der Waals surface area contributed by atoms with Crippen LogP contribution in [0.15, 0.2) is 48.7 Å². The molecule has 3 aromatic rings. The molecule has 1 aliphatic heterocycles. The van der Waals surface area contributed by atoms with Gasteiger partial charge in [0.2, 0.25) is 0 Å². The quantitative estimate of drug-likeness (QED) is 0.779. The number of hydrogen-bond donors (Lipinski definition) is 2. The van der Waals surface area contributed by atoms with Gasteiger partial charge in [-0.2, -0.15) is 5.10 Å². The number of carbonyl (C=O) groups is 1. The van der Waals surface area contributed by atoms with Gasteiger partial charge in [-0.15, -0.1) is 0 Å². The minimum atomic E-state index is -0.469. The average Bonchev–Trinajstić information content (AvgIpc) is 3.06. The zero-order chi connectivity index (χ0) is 17.4. The number of nitrogens with one attached hydrogen (secondary N) is 1. The highest BCUT2D eigenvalue weighted by molar-refractivity contribution is 6.04. The largest absolute Gasteiger partial charge is 0.366 e. The molecule has 1 amide bonds. The molecule has 2 aromatic carbocycles. The van der Waals surface area contributed by atoms with Gasteiger partial charge in [-0.3, -0.25) is 4.79 Å². The Morgan fingerprint density at radius 3 is 2.83 bits per heavy atom. The molecule has 5 nitrogen and oxygen atoms in total. The van der Waals surface area contributed by atoms with Gasteiger partial charge in [0, 0.05) is 19.5 Å². The number of primary amides is 1. The van der Waals surface area contributed by atoms with Crippen molar-refractivity contribution < 1.29 is 6.17 Å². The van der Waals surface area contributed by atoms with E-state index in [1.807, 2.05) is 30.5 Å². The van der Waals surface area contributed by atoms with E-state index >= 15 is 0 Å². The Kier molecular flexibility index (Phi) is 3.49. The van der Waals surface area contributed by atoms with Gasteiger partial charge in [0.25, 0.3) is 5.91 Å². The SMILES string of the molecule is [2H]C1CCC(c2ccc(-n3cc4cccc(C(N)=O)c4n3)cc2)CN1. The normalized spacial score (nSPS) is 21.6. The second-order valence-electron chi connectivity index (χ2n) is 6.16. The van der Waals surface area contributed by atoms with Crippen molar-refractivity contribution >= 4 is 16.8 Å². The van der Waals surface area contributed by atoms with E-state index in [1.54, 1.807) is 10.7 Å². The lowest BCUT2D eigenvalue weighted by Crippen LogP contribution is -2.28. The highest BCUT2D eigenvalue weighted by Gasteiger charge is 2.15. The average molecular weight is 321 g/mol. The number of amides is 1. The predicted octanol–water partition coefficient (Wildman–Crippen LogP) is 2.59. The van der Waals surface area contributed by atoms with Gasteiger partial charge in [0.1, 0.15) is 5.52 Å². The van der Waals surface area contributed by atoms with Crippen molar-refractivity contribution in [3.05, 3.63) is 59.8 Å². The lowest BCUT2D eigenvalue weighted by Gasteiger charge is -2.23. The maximum Gasteiger partial charge on any atom is 0.250 e. The summed E-state index contributed by atoms with van der Waals surface area (Å²) in [7, 11) is 0. The lowest BCUT2D eigenvalue weighted by molar-refractivity contribution is 0.100. The molecule has 5 heteroatoms. The molecule has 24 heavy (non-hydrogen) atoms. The summed E-state index contributed by atoms with van der Waals surface area (Å²) in [5, 5.41) is 8.64. The van der Waals surface area contributed by atoms with Crippen LogP contribution < -0.4 is 11.1 Å². The highest BCUT2D eigenvalue weighted by atomic mass is 16.1. The van der Waals surface area contributed by atoms with E-state index in [4.69, 9.17) is 7.10 Å². The van der Waals surface area contributed by atoms with Crippen LogP contribution >= 0.6 is 0 Å². The van der Waals surface area contributed by atoms with Crippen molar-refractivity contribution in [3.63, 3.8) is 0 Å². The second-order valence-corrected chi connectivity index (χ2v) is 6.16. The van der Waals surface area contributed by atoms with E-state index in [0.29, 0.717) is 17.0 Å². The summed E-state index contributed by atoms with van der Waals surface area (Å²) >= 11 is 0. The fourth-order valence-corrected chi connectivity index (χ4v) is 3.27. The number of carbonyl (C=O) groups excluding carboxylic acids is 1. The maximum absolute atomic E-state index is 11.6. The van der Waals surface area contributed by atoms with Gasteiger partial charge in [-0.1, -0.05) is 24.3 Å². The van der Waals surface area contributed by atoms with Crippen LogP contribution in [0.5, 0.6) is 0 Å². The van der Waals surface area contributed by atoms with Crippen LogP contribution in [0.2, 0.25) is 0 Å². The number of piperidine rings is 1. The number of hydrogen-bond acceptors (Lipinski definition) is 3. The molecule has 1 fully saturated rings. The molecule has 2 unspecified atom stereocenters. The van der Waals surface area contributed by atoms with Gasteiger partial charge in [-0.05, 0) is 49.0 Å². The number of nitrogens with two attached hydrogens (primary N) is 1. The van der Waals surface area contributed by atoms with Crippen molar-refractivity contribution in [3.8, 4) is 5.69 Å². The Morgan fingerprint density at radius 1 is 1.29 bits per heavy atom. The maximum atomic E-state index is 11.6. The van der Waals surface area contributed by atoms with Crippen molar-refractivity contribution in [2.24, 2.45) is 5.73 Å². The summed E-state index contributed by atoms with van der Waals surface area (Å²) in [6, 6.07) is 13.7. The highest BCUT2D eigenvalue weighted by Crippen LogP contribution is 2.25. The molecule has 0 spiro atoms. The summed E-state index contributed by atoms with van der Waals surface area (Å²) in [6.07, 6.45) is 3.82. The topological polar surface area (TPSA) is 72.9 Å². The number of rotatable bonds is 3. The van der Waals surface area contributed by atoms with Crippen LogP contribution in [0, 0.1) is 0 Å². The summed E-state index contributed by atoms with van der Waals surface area (Å²) in [5.74, 6) is -0.0162. The zero-order valence-electron chi connectivity index (χ0n) is 14.3. The Labute approximate surface area is 141 Å². The smallest absolute Gasteiger partial charge is 0.250 e. The molecular weight excluding hydrogens is 300 g/mol. The van der Waals surface area contributed by atoms with E-state index in [2.05, 4.69) is 22.5 Å². The third-order valence-electron chi connectivity index (χ3n) is 4.60. The predicted molar refractivity (Wildman–Crippen MR) is 94.4 cm³/mol. The first kappa shape index (κ1) is 13.7. The number of aromatic nitrogens is 2. The summed E-state index contributed by atoms with van der Waals surface area (Å²) in [4.78, 5) is 11.6. The van der Waals surface area contributed by atoms with Crippen LogP contribution in [-0.4, -0.2) is 28.8 Å². The zero-order valence-corrected chi connectivity index (χ0v) is 13.3.